The maximum Gasteiger partial charge on any atom is 0.210 e. The van der Waals surface area contributed by atoms with Crippen molar-refractivity contribution in [2.45, 2.75) is 10.9 Å². The third-order valence-corrected chi connectivity index (χ3v) is 5.85. The van der Waals surface area contributed by atoms with E-state index < -0.39 is 0 Å². The second-order valence-corrected chi connectivity index (χ2v) is 7.33. The van der Waals surface area contributed by atoms with Gasteiger partial charge in [-0.25, -0.2) is 9.66 Å². The maximum absolute atomic E-state index is 6.17. The first-order valence-corrected chi connectivity index (χ1v) is 9.37. The number of hydrogen-bond donors (Lipinski definition) is 1. The highest BCUT2D eigenvalue weighted by Crippen LogP contribution is 2.29. The van der Waals surface area contributed by atoms with Crippen molar-refractivity contribution >= 4 is 33.3 Å². The number of nitrogens with two attached hydrogens (primary N) is 1. The van der Waals surface area contributed by atoms with Crippen LogP contribution < -0.4 is 10.6 Å². The summed E-state index contributed by atoms with van der Waals surface area (Å²) in [6, 6.07) is 15.7. The third kappa shape index (κ3) is 3.18. The summed E-state index contributed by atoms with van der Waals surface area (Å²) < 4.78 is 7.87. The number of aromatic nitrogens is 4. The molecular weight excluding hydrogens is 354 g/mol. The van der Waals surface area contributed by atoms with Gasteiger partial charge < -0.3 is 10.6 Å². The molecule has 0 aliphatic carbocycles. The Morgan fingerprint density at radius 2 is 1.92 bits per heavy atom. The van der Waals surface area contributed by atoms with Crippen LogP contribution in [0.5, 0.6) is 5.75 Å². The first kappa shape index (κ1) is 15.9. The molecule has 0 aliphatic heterocycles. The fraction of sp³-hybridized carbons (Fsp3) is 0.118. The van der Waals surface area contributed by atoms with Gasteiger partial charge in [-0.2, -0.15) is 0 Å². The molecule has 0 saturated heterocycles. The number of hydrogen-bond acceptors (Lipinski definition) is 7. The van der Waals surface area contributed by atoms with Gasteiger partial charge in [0.05, 0.1) is 23.1 Å². The number of nitrogen functional groups attached to an aromatic ring is 1. The zero-order valence-corrected chi connectivity index (χ0v) is 15.0. The molecule has 0 atom stereocenters. The second kappa shape index (κ2) is 6.73. The first-order valence-electron chi connectivity index (χ1n) is 7.57. The van der Waals surface area contributed by atoms with E-state index in [9.17, 15) is 0 Å². The molecule has 2 N–H and O–H groups in total. The Kier molecular flexibility index (Phi) is 4.29. The number of nitrogens with zero attached hydrogens (tertiary/aromatic N) is 4. The molecule has 0 aliphatic rings. The normalized spacial score (nSPS) is 11.1. The fourth-order valence-corrected chi connectivity index (χ4v) is 4.24. The summed E-state index contributed by atoms with van der Waals surface area (Å²) in [6.45, 7) is 0. The molecule has 0 spiro atoms. The lowest BCUT2D eigenvalue weighted by Crippen LogP contribution is -2.11. The predicted molar refractivity (Wildman–Crippen MR) is 101 cm³/mol. The number of rotatable bonds is 5. The topological polar surface area (TPSA) is 78.9 Å². The minimum Gasteiger partial charge on any atom is -0.497 e. The molecule has 25 heavy (non-hydrogen) atoms. The Bertz CT molecular complexity index is 976. The van der Waals surface area contributed by atoms with E-state index in [-0.39, 0.29) is 0 Å². The average Bonchev–Trinajstić information content (AvgIpc) is 3.23. The van der Waals surface area contributed by atoms with Gasteiger partial charge in [0, 0.05) is 5.56 Å². The van der Waals surface area contributed by atoms with Crippen molar-refractivity contribution < 1.29 is 4.74 Å². The lowest BCUT2D eigenvalue weighted by atomic mass is 10.2. The SMILES string of the molecule is COc1ccc(-c2nnc(SCc3nc4ccccc4s3)n2N)cc1. The molecule has 0 fully saturated rings. The van der Waals surface area contributed by atoms with Crippen molar-refractivity contribution in [3.05, 3.63) is 53.5 Å². The van der Waals surface area contributed by atoms with Gasteiger partial charge in [-0.1, -0.05) is 23.9 Å². The molecule has 0 saturated carbocycles. The molecule has 6 nitrogen and oxygen atoms in total. The summed E-state index contributed by atoms with van der Waals surface area (Å²) in [5.74, 6) is 8.28. The molecule has 0 bridgehead atoms. The van der Waals surface area contributed by atoms with Crippen LogP contribution in [0.2, 0.25) is 0 Å². The van der Waals surface area contributed by atoms with E-state index in [2.05, 4.69) is 21.2 Å². The van der Waals surface area contributed by atoms with Crippen LogP contribution in [0.15, 0.2) is 53.7 Å². The van der Waals surface area contributed by atoms with Crippen molar-refractivity contribution in [3.63, 3.8) is 0 Å². The smallest absolute Gasteiger partial charge is 0.210 e. The summed E-state index contributed by atoms with van der Waals surface area (Å²) in [5.41, 5.74) is 1.92. The molecule has 4 aromatic rings. The molecule has 2 aromatic heterocycles. The van der Waals surface area contributed by atoms with E-state index >= 15 is 0 Å². The lowest BCUT2D eigenvalue weighted by molar-refractivity contribution is 0.415. The average molecular weight is 369 g/mol. The van der Waals surface area contributed by atoms with Gasteiger partial charge in [0.1, 0.15) is 10.8 Å². The third-order valence-electron chi connectivity index (χ3n) is 3.68. The molecule has 8 heteroatoms. The highest BCUT2D eigenvalue weighted by Gasteiger charge is 2.13. The van der Waals surface area contributed by atoms with E-state index in [0.717, 1.165) is 21.8 Å². The van der Waals surface area contributed by atoms with Gasteiger partial charge in [0.2, 0.25) is 5.16 Å². The van der Waals surface area contributed by atoms with Crippen molar-refractivity contribution in [3.8, 4) is 17.1 Å². The van der Waals surface area contributed by atoms with Crippen molar-refractivity contribution in [1.82, 2.24) is 19.9 Å². The minimum absolute atomic E-state index is 0.620. The summed E-state index contributed by atoms with van der Waals surface area (Å²) in [7, 11) is 1.64. The first-order chi connectivity index (χ1) is 12.2. The molecule has 0 amide bonds. The fourth-order valence-electron chi connectivity index (χ4n) is 2.42. The van der Waals surface area contributed by atoms with E-state index in [0.29, 0.717) is 16.7 Å². The highest BCUT2D eigenvalue weighted by molar-refractivity contribution is 7.98. The lowest BCUT2D eigenvalue weighted by Gasteiger charge is -2.04. The van der Waals surface area contributed by atoms with Crippen molar-refractivity contribution in [2.24, 2.45) is 0 Å². The van der Waals surface area contributed by atoms with Gasteiger partial charge in [-0.05, 0) is 36.4 Å². The molecule has 2 aromatic carbocycles. The van der Waals surface area contributed by atoms with E-state index in [4.69, 9.17) is 10.6 Å². The summed E-state index contributed by atoms with van der Waals surface area (Å²) in [4.78, 5) is 4.63. The molecular formula is C17H15N5OS2. The molecule has 0 radical (unpaired) electrons. The van der Waals surface area contributed by atoms with E-state index in [1.165, 1.54) is 21.1 Å². The Morgan fingerprint density at radius 1 is 1.12 bits per heavy atom. The minimum atomic E-state index is 0.620. The number of fused-ring (bicyclic) bond motifs is 1. The van der Waals surface area contributed by atoms with E-state index in [1.54, 1.807) is 18.4 Å². The Balaban J connectivity index is 1.52. The van der Waals surface area contributed by atoms with Crippen molar-refractivity contribution in [1.29, 1.82) is 0 Å². The standard InChI is InChI=1S/C17H15N5OS2/c1-23-12-8-6-11(7-9-12)16-20-21-17(22(16)18)24-10-15-19-13-4-2-3-5-14(13)25-15/h2-9H,10,18H2,1H3. The van der Waals surface area contributed by atoms with Crippen LogP contribution in [-0.2, 0) is 5.75 Å². The summed E-state index contributed by atoms with van der Waals surface area (Å²) in [6.07, 6.45) is 0. The quantitative estimate of drug-likeness (QED) is 0.428. The van der Waals surface area contributed by atoms with Crippen LogP contribution in [0.1, 0.15) is 5.01 Å². The Labute approximate surface area is 152 Å². The van der Waals surface area contributed by atoms with Crippen LogP contribution in [0.25, 0.3) is 21.6 Å². The maximum atomic E-state index is 6.17. The van der Waals surface area contributed by atoms with Gasteiger partial charge in [-0.3, -0.25) is 0 Å². The molecule has 126 valence electrons. The van der Waals surface area contributed by atoms with Crippen LogP contribution in [0.3, 0.4) is 0 Å². The van der Waals surface area contributed by atoms with Gasteiger partial charge in [-0.15, -0.1) is 21.5 Å². The number of benzene rings is 2. The number of ether oxygens (including phenoxy) is 1. The molecule has 2 heterocycles. The molecule has 0 unspecified atom stereocenters. The largest absolute Gasteiger partial charge is 0.497 e. The van der Waals surface area contributed by atoms with Crippen molar-refractivity contribution in [2.75, 3.05) is 13.0 Å². The number of thioether (sulfide) groups is 1. The Hall–Kier alpha value is -2.58. The monoisotopic (exact) mass is 369 g/mol. The molecule has 4 rings (SSSR count). The van der Waals surface area contributed by atoms with Crippen LogP contribution in [0, 0.1) is 0 Å². The van der Waals surface area contributed by atoms with Crippen LogP contribution in [0.4, 0.5) is 0 Å². The number of methoxy groups -OCH3 is 1. The number of para-hydroxylation sites is 1. The van der Waals surface area contributed by atoms with Crippen LogP contribution >= 0.6 is 23.1 Å². The number of thiazole rings is 1. The van der Waals surface area contributed by atoms with Gasteiger partial charge >= 0.3 is 0 Å². The summed E-state index contributed by atoms with van der Waals surface area (Å²) in [5, 5.41) is 10.1. The van der Waals surface area contributed by atoms with Gasteiger partial charge in [0.15, 0.2) is 5.82 Å². The summed E-state index contributed by atoms with van der Waals surface area (Å²) >= 11 is 3.21. The second-order valence-electron chi connectivity index (χ2n) is 5.27. The highest BCUT2D eigenvalue weighted by atomic mass is 32.2. The zero-order valence-electron chi connectivity index (χ0n) is 13.4. The predicted octanol–water partition coefficient (Wildman–Crippen LogP) is 3.57. The van der Waals surface area contributed by atoms with Crippen LogP contribution in [-0.4, -0.2) is 27.0 Å². The zero-order chi connectivity index (χ0) is 17.2. The van der Waals surface area contributed by atoms with E-state index in [1.807, 2.05) is 42.5 Å². The Morgan fingerprint density at radius 3 is 2.68 bits per heavy atom. The van der Waals surface area contributed by atoms with Gasteiger partial charge in [0.25, 0.3) is 0 Å².